The minimum atomic E-state index is -0.857. The Morgan fingerprint density at radius 1 is 1.47 bits per heavy atom. The Kier molecular flexibility index (Phi) is 3.66. The van der Waals surface area contributed by atoms with Gasteiger partial charge in [-0.25, -0.2) is 4.79 Å². The first-order chi connectivity index (χ1) is 7.76. The lowest BCUT2D eigenvalue weighted by atomic mass is 9.99. The quantitative estimate of drug-likeness (QED) is 0.698. The van der Waals surface area contributed by atoms with Crippen LogP contribution in [0.3, 0.4) is 0 Å². The van der Waals surface area contributed by atoms with Gasteiger partial charge in [0.25, 0.3) is 0 Å². The number of hydrogen-bond donors (Lipinski definition) is 2. The van der Waals surface area contributed by atoms with E-state index >= 15 is 0 Å². The van der Waals surface area contributed by atoms with E-state index in [1.165, 1.54) is 4.90 Å². The van der Waals surface area contributed by atoms with Crippen LogP contribution in [-0.2, 0) is 4.79 Å². The fourth-order valence-electron chi connectivity index (χ4n) is 1.84. The van der Waals surface area contributed by atoms with Crippen LogP contribution in [0, 0.1) is 24.2 Å². The lowest BCUT2D eigenvalue weighted by molar-refractivity contribution is -0.142. The molecule has 0 aliphatic carbocycles. The molecule has 1 fully saturated rings. The lowest BCUT2D eigenvalue weighted by Gasteiger charge is -2.24. The summed E-state index contributed by atoms with van der Waals surface area (Å²) in [6.07, 6.45) is 5.28. The number of likely N-dealkylation sites (tertiary alicyclic amines) is 1. The number of carboxylic acids is 1. The van der Waals surface area contributed by atoms with Crippen LogP contribution in [-0.4, -0.2) is 40.6 Å². The number of nitrogens with zero attached hydrogens (tertiary/aromatic N) is 1. The normalized spacial score (nSPS) is 24.2. The molecule has 5 nitrogen and oxygen atoms in total. The highest BCUT2D eigenvalue weighted by Gasteiger charge is 2.37. The summed E-state index contributed by atoms with van der Waals surface area (Å²) in [6, 6.07) is -0.302. The zero-order valence-corrected chi connectivity index (χ0v) is 10.4. The molecule has 0 aromatic heterocycles. The first kappa shape index (κ1) is 13.4. The minimum absolute atomic E-state index is 0.0350. The molecule has 2 atom stereocenters. The molecule has 0 aromatic rings. The third-order valence-corrected chi connectivity index (χ3v) is 3.00. The molecule has 1 rings (SSSR count). The first-order valence-electron chi connectivity index (χ1n) is 5.54. The average molecular weight is 238 g/mol. The van der Waals surface area contributed by atoms with Gasteiger partial charge in [0.15, 0.2) is 0 Å². The summed E-state index contributed by atoms with van der Waals surface area (Å²) in [5.41, 5.74) is -0.721. The van der Waals surface area contributed by atoms with Crippen LogP contribution in [0.2, 0.25) is 0 Å². The van der Waals surface area contributed by atoms with Crippen molar-refractivity contribution in [2.45, 2.75) is 26.3 Å². The number of carboxylic acid groups (broad SMARTS) is 1. The summed E-state index contributed by atoms with van der Waals surface area (Å²) in [5, 5.41) is 11.7. The van der Waals surface area contributed by atoms with Gasteiger partial charge in [0.05, 0.1) is 11.5 Å². The fraction of sp³-hybridized carbons (Fsp3) is 0.667. The Morgan fingerprint density at radius 2 is 2.06 bits per heavy atom. The molecule has 5 heteroatoms. The van der Waals surface area contributed by atoms with Crippen molar-refractivity contribution in [3.63, 3.8) is 0 Å². The van der Waals surface area contributed by atoms with Crippen molar-refractivity contribution in [2.24, 2.45) is 11.8 Å². The molecule has 0 unspecified atom stereocenters. The molecule has 2 N–H and O–H groups in total. The molecule has 2 amide bonds. The van der Waals surface area contributed by atoms with Gasteiger partial charge >= 0.3 is 12.0 Å². The van der Waals surface area contributed by atoms with Gasteiger partial charge in [-0.1, -0.05) is 12.8 Å². The van der Waals surface area contributed by atoms with Crippen molar-refractivity contribution < 1.29 is 14.7 Å². The fourth-order valence-corrected chi connectivity index (χ4v) is 1.84. The lowest BCUT2D eigenvalue weighted by Crippen LogP contribution is -2.48. The zero-order chi connectivity index (χ0) is 13.2. The van der Waals surface area contributed by atoms with Gasteiger partial charge in [-0.2, -0.15) is 0 Å². The van der Waals surface area contributed by atoms with Crippen molar-refractivity contribution in [1.29, 1.82) is 0 Å². The maximum Gasteiger partial charge on any atom is 0.318 e. The number of hydrogen-bond acceptors (Lipinski definition) is 2. The van der Waals surface area contributed by atoms with E-state index in [9.17, 15) is 9.59 Å². The molecular weight excluding hydrogens is 220 g/mol. The van der Waals surface area contributed by atoms with Gasteiger partial charge in [-0.15, -0.1) is 6.42 Å². The smallest absolute Gasteiger partial charge is 0.318 e. The molecule has 0 spiro atoms. The number of carbonyl (C=O) groups excluding carboxylic acids is 1. The monoisotopic (exact) mass is 238 g/mol. The third-order valence-electron chi connectivity index (χ3n) is 3.00. The number of carbonyl (C=O) groups is 2. The summed E-state index contributed by atoms with van der Waals surface area (Å²) in [7, 11) is 0. The summed E-state index contributed by atoms with van der Waals surface area (Å²) in [5.74, 6) is 1.08. The highest BCUT2D eigenvalue weighted by atomic mass is 16.4. The maximum atomic E-state index is 11.9. The van der Waals surface area contributed by atoms with Crippen molar-refractivity contribution in [2.75, 3.05) is 13.1 Å². The van der Waals surface area contributed by atoms with Gasteiger partial charge in [0.1, 0.15) is 0 Å². The predicted octanol–water partition coefficient (Wildman–Crippen LogP) is 0.760. The standard InChI is InChI=1S/C12H18N2O3/c1-5-12(3,4)13-11(17)14-6-8(2)9(7-14)10(15)16/h1,8-9H,6-7H2,2-4H3,(H,13,17)(H,15,16)/t8-,9-/m1/s1. The first-order valence-corrected chi connectivity index (χ1v) is 5.54. The molecule has 0 saturated carbocycles. The molecule has 0 radical (unpaired) electrons. The number of rotatable bonds is 2. The molecule has 1 aliphatic heterocycles. The van der Waals surface area contributed by atoms with E-state index in [1.54, 1.807) is 13.8 Å². The SMILES string of the molecule is C#CC(C)(C)NC(=O)N1C[C@@H](C)[C@H](C(=O)O)C1. The van der Waals surface area contributed by atoms with E-state index in [1.807, 2.05) is 6.92 Å². The van der Waals surface area contributed by atoms with E-state index in [0.717, 1.165) is 0 Å². The number of terminal acetylenes is 1. The molecule has 0 bridgehead atoms. The van der Waals surface area contributed by atoms with Crippen LogP contribution in [0.1, 0.15) is 20.8 Å². The summed E-state index contributed by atoms with van der Waals surface area (Å²) in [6.45, 7) is 5.96. The molecule has 0 aromatic carbocycles. The Hall–Kier alpha value is -1.70. The Morgan fingerprint density at radius 3 is 2.47 bits per heavy atom. The van der Waals surface area contributed by atoms with E-state index in [-0.39, 0.29) is 18.5 Å². The van der Waals surface area contributed by atoms with E-state index in [0.29, 0.717) is 6.54 Å². The second kappa shape index (κ2) is 4.66. The molecule has 1 aliphatic rings. The van der Waals surface area contributed by atoms with Crippen LogP contribution in [0.25, 0.3) is 0 Å². The second-order valence-corrected chi connectivity index (χ2v) is 5.03. The van der Waals surface area contributed by atoms with Gasteiger partial charge in [-0.05, 0) is 19.8 Å². The topological polar surface area (TPSA) is 69.6 Å². The highest BCUT2D eigenvalue weighted by molar-refractivity contribution is 5.78. The number of urea groups is 1. The Balaban J connectivity index is 2.63. The van der Waals surface area contributed by atoms with Crippen LogP contribution < -0.4 is 5.32 Å². The number of amides is 2. The Labute approximate surface area is 101 Å². The van der Waals surface area contributed by atoms with Crippen LogP contribution in [0.15, 0.2) is 0 Å². The van der Waals surface area contributed by atoms with Gasteiger partial charge in [0, 0.05) is 13.1 Å². The minimum Gasteiger partial charge on any atom is -0.481 e. The van der Waals surface area contributed by atoms with E-state index in [4.69, 9.17) is 11.5 Å². The van der Waals surface area contributed by atoms with Crippen molar-refractivity contribution in [3.8, 4) is 12.3 Å². The summed E-state index contributed by atoms with van der Waals surface area (Å²) >= 11 is 0. The zero-order valence-electron chi connectivity index (χ0n) is 10.4. The van der Waals surface area contributed by atoms with E-state index < -0.39 is 17.4 Å². The second-order valence-electron chi connectivity index (χ2n) is 5.03. The predicted molar refractivity (Wildman–Crippen MR) is 63.3 cm³/mol. The molecule has 1 saturated heterocycles. The largest absolute Gasteiger partial charge is 0.481 e. The molecule has 1 heterocycles. The summed E-state index contributed by atoms with van der Waals surface area (Å²) < 4.78 is 0. The molecule has 94 valence electrons. The number of nitrogens with one attached hydrogen (secondary N) is 1. The maximum absolute atomic E-state index is 11.9. The van der Waals surface area contributed by atoms with Gasteiger partial charge in [0.2, 0.25) is 0 Å². The van der Waals surface area contributed by atoms with Crippen molar-refractivity contribution in [3.05, 3.63) is 0 Å². The van der Waals surface area contributed by atoms with Crippen molar-refractivity contribution in [1.82, 2.24) is 10.2 Å². The van der Waals surface area contributed by atoms with E-state index in [2.05, 4.69) is 11.2 Å². The van der Waals surface area contributed by atoms with Gasteiger partial charge < -0.3 is 15.3 Å². The van der Waals surface area contributed by atoms with Crippen LogP contribution in [0.4, 0.5) is 4.79 Å². The third kappa shape index (κ3) is 3.13. The summed E-state index contributed by atoms with van der Waals surface area (Å²) in [4.78, 5) is 24.3. The average Bonchev–Trinajstić information content (AvgIpc) is 2.60. The molecule has 17 heavy (non-hydrogen) atoms. The van der Waals surface area contributed by atoms with Gasteiger partial charge in [-0.3, -0.25) is 4.79 Å². The Bertz CT molecular complexity index is 370. The highest BCUT2D eigenvalue weighted by Crippen LogP contribution is 2.23. The number of aliphatic carboxylic acids is 1. The molecular formula is C12H18N2O3. The van der Waals surface area contributed by atoms with Crippen LogP contribution >= 0.6 is 0 Å². The van der Waals surface area contributed by atoms with Crippen LogP contribution in [0.5, 0.6) is 0 Å². The van der Waals surface area contributed by atoms with Crippen molar-refractivity contribution >= 4 is 12.0 Å².